The van der Waals surface area contributed by atoms with Crippen molar-refractivity contribution in [1.82, 2.24) is 0 Å². The molecule has 4 aromatic rings. The summed E-state index contributed by atoms with van der Waals surface area (Å²) in [5.74, 6) is 1.83. The van der Waals surface area contributed by atoms with Crippen LogP contribution in [0.4, 0.5) is 26.3 Å². The van der Waals surface area contributed by atoms with Gasteiger partial charge in [-0.2, -0.15) is 26.3 Å². The van der Waals surface area contributed by atoms with Crippen LogP contribution in [0.3, 0.4) is 0 Å². The minimum Gasteiger partial charge on any atom is -0.496 e. The lowest BCUT2D eigenvalue weighted by molar-refractivity contribution is -0.138. The maximum Gasteiger partial charge on any atom is 0.416 e. The maximum atomic E-state index is 12.9. The second kappa shape index (κ2) is 15.0. The van der Waals surface area contributed by atoms with Crippen molar-refractivity contribution in [1.29, 1.82) is 0 Å². The van der Waals surface area contributed by atoms with Crippen molar-refractivity contribution < 1.29 is 35.8 Å². The average molecular weight is 647 g/mol. The summed E-state index contributed by atoms with van der Waals surface area (Å²) in [5, 5.41) is 0. The molecule has 0 bridgehead atoms. The lowest BCUT2D eigenvalue weighted by atomic mass is 9.93. The van der Waals surface area contributed by atoms with Crippen molar-refractivity contribution in [3.05, 3.63) is 106 Å². The molecule has 4 nitrogen and oxygen atoms in total. The smallest absolute Gasteiger partial charge is 0.416 e. The molecule has 0 saturated carbocycles. The molecular formula is C36H40F6N2O2. The largest absolute Gasteiger partial charge is 0.496 e. The molecule has 4 rings (SSSR count). The van der Waals surface area contributed by atoms with E-state index >= 15 is 0 Å². The van der Waals surface area contributed by atoms with Crippen molar-refractivity contribution in [2.75, 3.05) is 14.2 Å². The first kappa shape index (κ1) is 36.4. The van der Waals surface area contributed by atoms with E-state index in [1.54, 1.807) is 14.2 Å². The van der Waals surface area contributed by atoms with E-state index in [4.69, 9.17) is 20.9 Å². The summed E-state index contributed by atoms with van der Waals surface area (Å²) in [6, 6.07) is 18.8. The minimum atomic E-state index is -4.38. The van der Waals surface area contributed by atoms with E-state index in [0.29, 0.717) is 45.6 Å². The van der Waals surface area contributed by atoms with Gasteiger partial charge in [-0.05, 0) is 93.7 Å². The Kier molecular flexibility index (Phi) is 11.9. The van der Waals surface area contributed by atoms with Crippen LogP contribution in [0.5, 0.6) is 11.5 Å². The van der Waals surface area contributed by atoms with Crippen molar-refractivity contribution in [3.8, 4) is 33.8 Å². The molecule has 0 saturated heterocycles. The van der Waals surface area contributed by atoms with E-state index in [2.05, 4.69) is 27.7 Å². The van der Waals surface area contributed by atoms with E-state index in [0.717, 1.165) is 46.5 Å². The molecular weight excluding hydrogens is 606 g/mol. The molecule has 0 aromatic heterocycles. The van der Waals surface area contributed by atoms with Crippen LogP contribution in [0, 0.1) is 0 Å². The number of nitrogens with two attached hydrogens (primary N) is 2. The molecule has 0 aliphatic heterocycles. The van der Waals surface area contributed by atoms with Gasteiger partial charge in [0.2, 0.25) is 0 Å². The van der Waals surface area contributed by atoms with E-state index < -0.39 is 23.5 Å². The third-order valence-corrected chi connectivity index (χ3v) is 7.67. The van der Waals surface area contributed by atoms with Crippen LogP contribution in [0.2, 0.25) is 0 Å². The fraction of sp³-hybridized carbons (Fsp3) is 0.333. The number of benzene rings is 4. The summed E-state index contributed by atoms with van der Waals surface area (Å²) in [6.45, 7) is 8.28. The van der Waals surface area contributed by atoms with Crippen LogP contribution >= 0.6 is 0 Å². The first-order valence-corrected chi connectivity index (χ1v) is 14.7. The molecule has 10 heteroatoms. The molecule has 0 unspecified atom stereocenters. The lowest BCUT2D eigenvalue weighted by Crippen LogP contribution is -2.08. The third kappa shape index (κ3) is 8.61. The van der Waals surface area contributed by atoms with Gasteiger partial charge in [0, 0.05) is 24.2 Å². The molecule has 0 heterocycles. The fourth-order valence-corrected chi connectivity index (χ4v) is 4.99. The normalized spacial score (nSPS) is 11.8. The summed E-state index contributed by atoms with van der Waals surface area (Å²) < 4.78 is 88.1. The molecule has 46 heavy (non-hydrogen) atoms. The van der Waals surface area contributed by atoms with Gasteiger partial charge < -0.3 is 20.9 Å². The Bertz CT molecular complexity index is 1510. The van der Waals surface area contributed by atoms with Gasteiger partial charge in [0.1, 0.15) is 11.5 Å². The van der Waals surface area contributed by atoms with Gasteiger partial charge >= 0.3 is 12.4 Å². The Balaban J connectivity index is 0.000000250. The summed E-state index contributed by atoms with van der Waals surface area (Å²) in [7, 11) is 3.08. The Labute approximate surface area is 266 Å². The Morgan fingerprint density at radius 3 is 1.13 bits per heavy atom. The molecule has 248 valence electrons. The van der Waals surface area contributed by atoms with E-state index in [1.807, 2.05) is 36.4 Å². The van der Waals surface area contributed by atoms with Crippen molar-refractivity contribution in [2.24, 2.45) is 11.5 Å². The Hall–Kier alpha value is -4.02. The van der Waals surface area contributed by atoms with Gasteiger partial charge in [-0.25, -0.2) is 0 Å². The summed E-state index contributed by atoms with van der Waals surface area (Å²) in [6.07, 6.45) is -8.77. The van der Waals surface area contributed by atoms with Crippen LogP contribution in [-0.2, 0) is 25.4 Å². The first-order chi connectivity index (χ1) is 21.5. The van der Waals surface area contributed by atoms with Crippen molar-refractivity contribution in [2.45, 2.75) is 65.0 Å². The highest BCUT2D eigenvalue weighted by Crippen LogP contribution is 2.39. The van der Waals surface area contributed by atoms with Crippen molar-refractivity contribution >= 4 is 0 Å². The third-order valence-electron chi connectivity index (χ3n) is 7.67. The number of hydrogen-bond donors (Lipinski definition) is 2. The number of alkyl halides is 6. The van der Waals surface area contributed by atoms with E-state index in [9.17, 15) is 26.3 Å². The number of hydrogen-bond acceptors (Lipinski definition) is 4. The SMILES string of the molecule is COc1ccc(C(C)C)cc1-c1ccc(C(F)(F)F)cc1CN.COc1ccc(C(C)C)cc1-c1ccc(C(F)(F)F)cc1CN. The number of rotatable bonds is 8. The zero-order valence-electron chi connectivity index (χ0n) is 26.7. The molecule has 4 aromatic carbocycles. The molecule has 0 atom stereocenters. The predicted octanol–water partition coefficient (Wildman–Crippen LogP) is 9.93. The second-order valence-electron chi connectivity index (χ2n) is 11.4. The van der Waals surface area contributed by atoms with Gasteiger partial charge in [-0.1, -0.05) is 52.0 Å². The predicted molar refractivity (Wildman–Crippen MR) is 171 cm³/mol. The highest BCUT2D eigenvalue weighted by atomic mass is 19.4. The maximum absolute atomic E-state index is 12.9. The van der Waals surface area contributed by atoms with Crippen LogP contribution < -0.4 is 20.9 Å². The quantitative estimate of drug-likeness (QED) is 0.187. The molecule has 0 amide bonds. The highest BCUT2D eigenvalue weighted by Gasteiger charge is 2.32. The number of methoxy groups -OCH3 is 2. The average Bonchev–Trinajstić information content (AvgIpc) is 3.02. The fourth-order valence-electron chi connectivity index (χ4n) is 4.99. The molecule has 0 fully saturated rings. The van der Waals surface area contributed by atoms with Crippen LogP contribution in [0.1, 0.15) is 72.9 Å². The minimum absolute atomic E-state index is 0.0221. The zero-order chi connectivity index (χ0) is 34.4. The van der Waals surface area contributed by atoms with Gasteiger partial charge in [0.25, 0.3) is 0 Å². The van der Waals surface area contributed by atoms with Gasteiger partial charge in [-0.3, -0.25) is 0 Å². The highest BCUT2D eigenvalue weighted by molar-refractivity contribution is 5.76. The molecule has 4 N–H and O–H groups in total. The Morgan fingerprint density at radius 1 is 0.522 bits per heavy atom. The van der Waals surface area contributed by atoms with Crippen LogP contribution in [0.15, 0.2) is 72.8 Å². The Morgan fingerprint density at radius 2 is 0.870 bits per heavy atom. The molecule has 0 radical (unpaired) electrons. The second-order valence-corrected chi connectivity index (χ2v) is 11.4. The molecule has 0 aliphatic carbocycles. The molecule has 0 aliphatic rings. The van der Waals surface area contributed by atoms with Gasteiger partial charge in [0.15, 0.2) is 0 Å². The number of halogens is 6. The van der Waals surface area contributed by atoms with Crippen molar-refractivity contribution in [3.63, 3.8) is 0 Å². The molecule has 0 spiro atoms. The van der Waals surface area contributed by atoms with E-state index in [-0.39, 0.29) is 13.1 Å². The van der Waals surface area contributed by atoms with Gasteiger partial charge in [-0.15, -0.1) is 0 Å². The van der Waals surface area contributed by atoms with Crippen LogP contribution in [-0.4, -0.2) is 14.2 Å². The van der Waals surface area contributed by atoms with Gasteiger partial charge in [0.05, 0.1) is 25.3 Å². The lowest BCUT2D eigenvalue weighted by Gasteiger charge is -2.17. The first-order valence-electron chi connectivity index (χ1n) is 14.7. The zero-order valence-corrected chi connectivity index (χ0v) is 26.7. The summed E-state index contributed by atoms with van der Waals surface area (Å²) in [4.78, 5) is 0. The number of ether oxygens (including phenoxy) is 2. The standard InChI is InChI=1S/2C18H20F3NO/c2*1-11(2)12-4-7-17(23-3)16(9-12)15-6-5-14(18(19,20)21)8-13(15)10-22/h2*4-9,11H,10,22H2,1-3H3. The monoisotopic (exact) mass is 646 g/mol. The summed E-state index contributed by atoms with van der Waals surface area (Å²) >= 11 is 0. The summed E-state index contributed by atoms with van der Waals surface area (Å²) in [5.41, 5.74) is 15.9. The van der Waals surface area contributed by atoms with E-state index in [1.165, 1.54) is 12.1 Å². The van der Waals surface area contributed by atoms with Crippen LogP contribution in [0.25, 0.3) is 22.3 Å². The topological polar surface area (TPSA) is 70.5 Å².